The molecule has 2 rings (SSSR count). The minimum Gasteiger partial charge on any atom is -0.444 e. The van der Waals surface area contributed by atoms with E-state index in [0.717, 1.165) is 38.6 Å². The summed E-state index contributed by atoms with van der Waals surface area (Å²) < 4.78 is 5.45. The predicted molar refractivity (Wildman–Crippen MR) is 72.9 cm³/mol. The van der Waals surface area contributed by atoms with Gasteiger partial charge in [0.2, 0.25) is 0 Å². The van der Waals surface area contributed by atoms with Crippen LogP contribution in [-0.4, -0.2) is 35.0 Å². The van der Waals surface area contributed by atoms with Crippen molar-refractivity contribution in [2.45, 2.75) is 70.9 Å². The molecule has 4 heteroatoms. The molecular formula is C15H25NO3. The smallest absolute Gasteiger partial charge is 0.410 e. The van der Waals surface area contributed by atoms with Gasteiger partial charge in [0.05, 0.1) is 0 Å². The Kier molecular flexibility index (Phi) is 4.16. The monoisotopic (exact) mass is 267 g/mol. The Hall–Kier alpha value is -1.06. The van der Waals surface area contributed by atoms with Gasteiger partial charge in [-0.1, -0.05) is 6.42 Å². The van der Waals surface area contributed by atoms with Gasteiger partial charge in [-0.15, -0.1) is 0 Å². The van der Waals surface area contributed by atoms with Crippen molar-refractivity contribution in [1.29, 1.82) is 0 Å². The van der Waals surface area contributed by atoms with Crippen LogP contribution in [0.4, 0.5) is 4.79 Å². The van der Waals surface area contributed by atoms with Crippen LogP contribution in [0.25, 0.3) is 0 Å². The summed E-state index contributed by atoms with van der Waals surface area (Å²) in [6.07, 6.45) is 5.40. The molecule has 2 atom stereocenters. The summed E-state index contributed by atoms with van der Waals surface area (Å²) in [5.74, 6) is 0.385. The Balaban J connectivity index is 2.04. The molecule has 2 aliphatic rings. The van der Waals surface area contributed by atoms with Crippen molar-refractivity contribution >= 4 is 11.9 Å². The number of carbonyl (C=O) groups is 2. The highest BCUT2D eigenvalue weighted by atomic mass is 16.6. The van der Waals surface area contributed by atoms with Gasteiger partial charge in [0.1, 0.15) is 11.4 Å². The normalized spacial score (nSPS) is 28.6. The van der Waals surface area contributed by atoms with E-state index in [9.17, 15) is 9.59 Å². The van der Waals surface area contributed by atoms with Gasteiger partial charge in [0, 0.05) is 24.9 Å². The first-order valence-electron chi connectivity index (χ1n) is 7.41. The van der Waals surface area contributed by atoms with E-state index in [-0.39, 0.29) is 18.1 Å². The van der Waals surface area contributed by atoms with E-state index in [0.29, 0.717) is 12.2 Å². The fourth-order valence-electron chi connectivity index (χ4n) is 3.17. The van der Waals surface area contributed by atoms with Gasteiger partial charge in [-0.05, 0) is 46.5 Å². The van der Waals surface area contributed by atoms with Crippen molar-refractivity contribution in [3.63, 3.8) is 0 Å². The summed E-state index contributed by atoms with van der Waals surface area (Å²) in [6, 6.07) is 0.0719. The molecule has 0 unspecified atom stereocenters. The number of rotatable bonds is 1. The van der Waals surface area contributed by atoms with Gasteiger partial charge >= 0.3 is 6.09 Å². The molecule has 1 saturated carbocycles. The Labute approximate surface area is 115 Å². The van der Waals surface area contributed by atoms with Crippen molar-refractivity contribution in [1.82, 2.24) is 4.90 Å². The summed E-state index contributed by atoms with van der Waals surface area (Å²) >= 11 is 0. The van der Waals surface area contributed by atoms with Gasteiger partial charge in [-0.25, -0.2) is 4.79 Å². The van der Waals surface area contributed by atoms with Crippen molar-refractivity contribution in [2.24, 2.45) is 5.92 Å². The van der Waals surface area contributed by atoms with Gasteiger partial charge in [-0.2, -0.15) is 0 Å². The lowest BCUT2D eigenvalue weighted by molar-refractivity contribution is -0.126. The topological polar surface area (TPSA) is 46.6 Å². The molecule has 1 heterocycles. The number of nitrogens with zero attached hydrogens (tertiary/aromatic N) is 1. The Morgan fingerprint density at radius 3 is 2.58 bits per heavy atom. The minimum atomic E-state index is -0.471. The molecule has 0 bridgehead atoms. The van der Waals surface area contributed by atoms with Crippen LogP contribution in [0.5, 0.6) is 0 Å². The summed E-state index contributed by atoms with van der Waals surface area (Å²) in [4.78, 5) is 26.1. The van der Waals surface area contributed by atoms with Gasteiger partial charge in [-0.3, -0.25) is 4.79 Å². The van der Waals surface area contributed by atoms with Crippen LogP contribution < -0.4 is 0 Å². The standard InChI is InChI=1S/C15H25NO3/c1-15(2,3)19-14(18)16-10-6-8-12(16)11-7-4-5-9-13(11)17/h11-12H,4-10H2,1-3H3/t11-,12-/m0/s1. The first-order valence-corrected chi connectivity index (χ1v) is 7.41. The summed E-state index contributed by atoms with van der Waals surface area (Å²) in [5.41, 5.74) is -0.471. The number of ketones is 1. The lowest BCUT2D eigenvalue weighted by Crippen LogP contribution is -2.45. The third-order valence-corrected chi connectivity index (χ3v) is 3.99. The lowest BCUT2D eigenvalue weighted by atomic mass is 9.82. The highest BCUT2D eigenvalue weighted by molar-refractivity contribution is 5.83. The lowest BCUT2D eigenvalue weighted by Gasteiger charge is -2.34. The summed E-state index contributed by atoms with van der Waals surface area (Å²) in [6.45, 7) is 6.36. The highest BCUT2D eigenvalue weighted by Crippen LogP contribution is 2.33. The van der Waals surface area contributed by atoms with Crippen LogP contribution >= 0.6 is 0 Å². The zero-order valence-electron chi connectivity index (χ0n) is 12.3. The first-order chi connectivity index (χ1) is 8.88. The van der Waals surface area contributed by atoms with Gasteiger partial charge in [0.15, 0.2) is 0 Å². The third kappa shape index (κ3) is 3.48. The molecule has 0 spiro atoms. The zero-order valence-corrected chi connectivity index (χ0v) is 12.3. The molecule has 0 aromatic rings. The van der Waals surface area contributed by atoms with E-state index >= 15 is 0 Å². The van der Waals surface area contributed by atoms with Crippen LogP contribution in [0.1, 0.15) is 59.3 Å². The fraction of sp³-hybridized carbons (Fsp3) is 0.867. The molecule has 0 aromatic carbocycles. The number of carbonyl (C=O) groups excluding carboxylic acids is 2. The Morgan fingerprint density at radius 1 is 1.21 bits per heavy atom. The average molecular weight is 267 g/mol. The maximum atomic E-state index is 12.2. The molecule has 108 valence electrons. The number of hydrogen-bond donors (Lipinski definition) is 0. The molecule has 0 aromatic heterocycles. The van der Waals surface area contributed by atoms with Gasteiger partial charge < -0.3 is 9.64 Å². The quantitative estimate of drug-likeness (QED) is 0.733. The van der Waals surface area contributed by atoms with E-state index in [2.05, 4.69) is 0 Å². The van der Waals surface area contributed by atoms with E-state index in [4.69, 9.17) is 4.74 Å². The summed E-state index contributed by atoms with van der Waals surface area (Å²) in [5, 5.41) is 0. The van der Waals surface area contributed by atoms with Crippen molar-refractivity contribution < 1.29 is 14.3 Å². The first kappa shape index (κ1) is 14.4. The molecule has 4 nitrogen and oxygen atoms in total. The number of amides is 1. The highest BCUT2D eigenvalue weighted by Gasteiger charge is 2.40. The van der Waals surface area contributed by atoms with E-state index in [1.807, 2.05) is 20.8 Å². The molecule has 1 amide bonds. The number of ether oxygens (including phenoxy) is 1. The maximum Gasteiger partial charge on any atom is 0.410 e. The maximum absolute atomic E-state index is 12.2. The Bertz CT molecular complexity index is 359. The second kappa shape index (κ2) is 5.51. The second-order valence-electron chi connectivity index (χ2n) is 6.70. The zero-order chi connectivity index (χ0) is 14.0. The van der Waals surface area contributed by atoms with Crippen LogP contribution in [0, 0.1) is 5.92 Å². The summed E-state index contributed by atoms with van der Waals surface area (Å²) in [7, 11) is 0. The predicted octanol–water partition coefficient (Wildman–Crippen LogP) is 3.15. The fourth-order valence-corrected chi connectivity index (χ4v) is 3.17. The third-order valence-electron chi connectivity index (χ3n) is 3.99. The second-order valence-corrected chi connectivity index (χ2v) is 6.70. The van der Waals surface area contributed by atoms with Crippen LogP contribution in [-0.2, 0) is 9.53 Å². The van der Waals surface area contributed by atoms with Crippen molar-refractivity contribution in [3.05, 3.63) is 0 Å². The number of Topliss-reactive ketones (excluding diaryl/α,β-unsaturated/α-hetero) is 1. The molecule has 1 aliphatic carbocycles. The van der Waals surface area contributed by atoms with Crippen LogP contribution in [0.3, 0.4) is 0 Å². The molecule has 2 fully saturated rings. The van der Waals surface area contributed by atoms with Gasteiger partial charge in [0.25, 0.3) is 0 Å². The van der Waals surface area contributed by atoms with Crippen molar-refractivity contribution in [2.75, 3.05) is 6.54 Å². The Morgan fingerprint density at radius 2 is 1.95 bits per heavy atom. The van der Waals surface area contributed by atoms with Crippen molar-refractivity contribution in [3.8, 4) is 0 Å². The van der Waals surface area contributed by atoms with Crippen LogP contribution in [0.15, 0.2) is 0 Å². The van der Waals surface area contributed by atoms with E-state index in [1.54, 1.807) is 4.90 Å². The molecule has 0 radical (unpaired) electrons. The minimum absolute atomic E-state index is 0.0452. The molecule has 0 N–H and O–H groups in total. The molecule has 1 saturated heterocycles. The average Bonchev–Trinajstić information content (AvgIpc) is 2.76. The van der Waals surface area contributed by atoms with E-state index < -0.39 is 5.60 Å². The molecular weight excluding hydrogens is 242 g/mol. The molecule has 1 aliphatic heterocycles. The van der Waals surface area contributed by atoms with E-state index in [1.165, 1.54) is 0 Å². The SMILES string of the molecule is CC(C)(C)OC(=O)N1CCC[C@H]1[C@@H]1CCCCC1=O. The number of likely N-dealkylation sites (tertiary alicyclic amines) is 1. The largest absolute Gasteiger partial charge is 0.444 e. The van der Waals surface area contributed by atoms with Crippen LogP contribution in [0.2, 0.25) is 0 Å². The molecule has 19 heavy (non-hydrogen) atoms. The number of hydrogen-bond acceptors (Lipinski definition) is 3.